The molecule has 1 fully saturated rings. The Bertz CT molecular complexity index is 1470. The summed E-state index contributed by atoms with van der Waals surface area (Å²) in [6, 6.07) is 19.1. The highest BCUT2D eigenvalue weighted by atomic mass is 32.2. The summed E-state index contributed by atoms with van der Waals surface area (Å²) in [5.41, 5.74) is 3.14. The van der Waals surface area contributed by atoms with E-state index in [1.165, 1.54) is 0 Å². The molecular formula is C28H30N4O3S. The lowest BCUT2D eigenvalue weighted by Gasteiger charge is -2.33. The minimum Gasteiger partial charge on any atom is -0.490 e. The number of sulfonamides is 1. The highest BCUT2D eigenvalue weighted by Gasteiger charge is 2.38. The van der Waals surface area contributed by atoms with E-state index in [4.69, 9.17) is 10.1 Å². The molecular weight excluding hydrogens is 472 g/mol. The Morgan fingerprint density at radius 1 is 1.08 bits per heavy atom. The van der Waals surface area contributed by atoms with Crippen LogP contribution in [0.15, 0.2) is 54.6 Å². The molecule has 2 heterocycles. The van der Waals surface area contributed by atoms with Crippen molar-refractivity contribution >= 4 is 32.3 Å². The van der Waals surface area contributed by atoms with Gasteiger partial charge in [0.05, 0.1) is 35.0 Å². The number of piperidine rings is 1. The van der Waals surface area contributed by atoms with Crippen LogP contribution in [-0.4, -0.2) is 44.1 Å². The predicted octanol–water partition coefficient (Wildman–Crippen LogP) is 5.01. The molecule has 3 aromatic carbocycles. The van der Waals surface area contributed by atoms with Crippen molar-refractivity contribution in [3.05, 3.63) is 71.3 Å². The van der Waals surface area contributed by atoms with Gasteiger partial charge >= 0.3 is 0 Å². The number of ether oxygens (including phenoxy) is 1. The Hall–Kier alpha value is -3.57. The van der Waals surface area contributed by atoms with E-state index in [0.717, 1.165) is 47.8 Å². The van der Waals surface area contributed by atoms with Gasteiger partial charge in [0.25, 0.3) is 0 Å². The zero-order chi connectivity index (χ0) is 25.4. The minimum absolute atomic E-state index is 0.00161. The molecule has 1 unspecified atom stereocenters. The Kier molecular flexibility index (Phi) is 6.35. The highest BCUT2D eigenvalue weighted by Crippen LogP contribution is 2.44. The summed E-state index contributed by atoms with van der Waals surface area (Å²) in [5, 5.41) is 19.1. The molecule has 0 aliphatic carbocycles. The van der Waals surface area contributed by atoms with E-state index in [1.807, 2.05) is 53.4 Å². The van der Waals surface area contributed by atoms with Gasteiger partial charge in [0.1, 0.15) is 11.9 Å². The number of hydrogen-bond acceptors (Lipinski definition) is 5. The zero-order valence-electron chi connectivity index (χ0n) is 20.6. The maximum absolute atomic E-state index is 13.3. The van der Waals surface area contributed by atoms with Crippen molar-refractivity contribution in [2.45, 2.75) is 45.3 Å². The van der Waals surface area contributed by atoms with Crippen molar-refractivity contribution in [1.82, 2.24) is 4.90 Å². The third-order valence-corrected chi connectivity index (χ3v) is 9.03. The van der Waals surface area contributed by atoms with E-state index in [0.29, 0.717) is 29.3 Å². The van der Waals surface area contributed by atoms with Crippen LogP contribution >= 0.6 is 0 Å². The van der Waals surface area contributed by atoms with Crippen LogP contribution in [-0.2, 0) is 16.4 Å². The lowest BCUT2D eigenvalue weighted by Crippen LogP contribution is -2.40. The lowest BCUT2D eigenvalue weighted by molar-refractivity contribution is 0.130. The van der Waals surface area contributed by atoms with Gasteiger partial charge in [-0.05, 0) is 60.0 Å². The summed E-state index contributed by atoms with van der Waals surface area (Å²) < 4.78 is 34.5. The van der Waals surface area contributed by atoms with Crippen LogP contribution in [0.25, 0.3) is 10.8 Å². The van der Waals surface area contributed by atoms with E-state index < -0.39 is 10.0 Å². The van der Waals surface area contributed by atoms with Crippen molar-refractivity contribution < 1.29 is 13.2 Å². The number of anilines is 1. The summed E-state index contributed by atoms with van der Waals surface area (Å²) >= 11 is 0. The molecule has 0 amide bonds. The third kappa shape index (κ3) is 4.51. The fourth-order valence-corrected chi connectivity index (χ4v) is 6.57. The highest BCUT2D eigenvalue weighted by molar-refractivity contribution is 7.92. The fraction of sp³-hybridized carbons (Fsp3) is 0.357. The molecule has 2 aliphatic heterocycles. The number of hydrogen-bond donors (Lipinski definition) is 1. The van der Waals surface area contributed by atoms with E-state index in [2.05, 4.69) is 6.07 Å². The van der Waals surface area contributed by atoms with Crippen LogP contribution in [0.5, 0.6) is 5.75 Å². The smallest absolute Gasteiger partial charge is 0.235 e. The number of nitrogens with zero attached hydrogens (tertiary/aromatic N) is 3. The SMILES string of the molecule is CCS(=O)(=O)N1c2cc(OC3CCN(C(C)=N)CC3)ccc2CC1c1ccc2ccc(C#N)cc2c1. The maximum Gasteiger partial charge on any atom is 0.235 e. The second-order valence-electron chi connectivity index (χ2n) is 9.53. The van der Waals surface area contributed by atoms with Gasteiger partial charge < -0.3 is 9.64 Å². The van der Waals surface area contributed by atoms with Gasteiger partial charge in [-0.15, -0.1) is 0 Å². The van der Waals surface area contributed by atoms with E-state index in [-0.39, 0.29) is 17.9 Å². The second kappa shape index (κ2) is 9.47. The number of nitrogens with one attached hydrogen (secondary N) is 1. The first kappa shape index (κ1) is 24.1. The average molecular weight is 503 g/mol. The van der Waals surface area contributed by atoms with Crippen LogP contribution in [0.4, 0.5) is 5.69 Å². The summed E-state index contributed by atoms with van der Waals surface area (Å²) in [5.74, 6) is 1.25. The first-order chi connectivity index (χ1) is 17.3. The average Bonchev–Trinajstić information content (AvgIpc) is 3.28. The topological polar surface area (TPSA) is 97.5 Å². The van der Waals surface area contributed by atoms with Gasteiger partial charge in [-0.2, -0.15) is 5.26 Å². The van der Waals surface area contributed by atoms with Gasteiger partial charge in [0.15, 0.2) is 0 Å². The first-order valence-electron chi connectivity index (χ1n) is 12.3. The van der Waals surface area contributed by atoms with Crippen molar-refractivity contribution in [3.8, 4) is 11.8 Å². The Morgan fingerprint density at radius 3 is 2.53 bits per heavy atom. The molecule has 0 saturated carbocycles. The monoisotopic (exact) mass is 502 g/mol. The molecule has 0 bridgehead atoms. The molecule has 1 saturated heterocycles. The molecule has 186 valence electrons. The van der Waals surface area contributed by atoms with Crippen molar-refractivity contribution in [2.75, 3.05) is 23.1 Å². The van der Waals surface area contributed by atoms with Gasteiger partial charge in [-0.3, -0.25) is 9.71 Å². The Morgan fingerprint density at radius 2 is 1.83 bits per heavy atom. The molecule has 0 radical (unpaired) electrons. The number of rotatable bonds is 5. The number of amidine groups is 1. The molecule has 1 N–H and O–H groups in total. The molecule has 0 spiro atoms. The number of fused-ring (bicyclic) bond motifs is 2. The van der Waals surface area contributed by atoms with Crippen LogP contribution in [0.2, 0.25) is 0 Å². The largest absolute Gasteiger partial charge is 0.490 e. The van der Waals surface area contributed by atoms with Gasteiger partial charge in [-0.1, -0.05) is 24.3 Å². The Labute approximate surface area is 212 Å². The van der Waals surface area contributed by atoms with Crippen molar-refractivity contribution in [1.29, 1.82) is 10.7 Å². The van der Waals surface area contributed by atoms with Crippen LogP contribution < -0.4 is 9.04 Å². The summed E-state index contributed by atoms with van der Waals surface area (Å²) in [4.78, 5) is 2.05. The number of nitriles is 1. The van der Waals surface area contributed by atoms with Crippen LogP contribution in [0.1, 0.15) is 49.4 Å². The maximum atomic E-state index is 13.3. The van der Waals surface area contributed by atoms with Gasteiger partial charge in [-0.25, -0.2) is 8.42 Å². The zero-order valence-corrected chi connectivity index (χ0v) is 21.4. The summed E-state index contributed by atoms with van der Waals surface area (Å²) in [6.07, 6.45) is 2.28. The van der Waals surface area contributed by atoms with Crippen molar-refractivity contribution in [3.63, 3.8) is 0 Å². The molecule has 0 aromatic heterocycles. The second-order valence-corrected chi connectivity index (χ2v) is 11.7. The quantitative estimate of drug-likeness (QED) is 0.391. The molecule has 3 aromatic rings. The first-order valence-corrected chi connectivity index (χ1v) is 14.0. The van der Waals surface area contributed by atoms with Gasteiger partial charge in [0.2, 0.25) is 10.0 Å². The normalized spacial score (nSPS) is 18.2. The third-order valence-electron chi connectivity index (χ3n) is 7.25. The minimum atomic E-state index is -3.55. The fourth-order valence-electron chi connectivity index (χ4n) is 5.23. The van der Waals surface area contributed by atoms with Crippen molar-refractivity contribution in [2.24, 2.45) is 0 Å². The molecule has 2 aliphatic rings. The molecule has 5 rings (SSSR count). The molecule has 7 nitrogen and oxygen atoms in total. The molecule has 1 atom stereocenters. The van der Waals surface area contributed by atoms with E-state index >= 15 is 0 Å². The number of benzene rings is 3. The standard InChI is InChI=1S/C28H30N4O3S/c1-3-36(33,34)32-27(22-7-6-21-5-4-20(18-29)14-24(21)15-22)16-23-8-9-26(17-28(23)32)35-25-10-12-31(13-11-25)19(2)30/h4-9,14-15,17,25,27,30H,3,10-13,16H2,1-2H3. The van der Waals surface area contributed by atoms with Crippen LogP contribution in [0.3, 0.4) is 0 Å². The van der Waals surface area contributed by atoms with E-state index in [9.17, 15) is 13.7 Å². The summed E-state index contributed by atoms with van der Waals surface area (Å²) in [6.45, 7) is 5.06. The summed E-state index contributed by atoms with van der Waals surface area (Å²) in [7, 11) is -3.55. The molecule has 36 heavy (non-hydrogen) atoms. The lowest BCUT2D eigenvalue weighted by atomic mass is 9.98. The molecule has 8 heteroatoms. The van der Waals surface area contributed by atoms with E-state index in [1.54, 1.807) is 24.2 Å². The van der Waals surface area contributed by atoms with Gasteiger partial charge in [0, 0.05) is 38.4 Å². The predicted molar refractivity (Wildman–Crippen MR) is 142 cm³/mol. The Balaban J connectivity index is 1.46. The van der Waals surface area contributed by atoms with Crippen LogP contribution in [0, 0.1) is 16.7 Å². The number of likely N-dealkylation sites (tertiary alicyclic amines) is 1.